The molecule has 2 aromatic rings. The number of likely N-dealkylation sites (tertiary alicyclic amines) is 1. The van der Waals surface area contributed by atoms with Gasteiger partial charge in [0.25, 0.3) is 11.7 Å². The Morgan fingerprint density at radius 1 is 0.909 bits per heavy atom. The zero-order valence-electron chi connectivity index (χ0n) is 19.5. The van der Waals surface area contributed by atoms with Crippen LogP contribution in [0.4, 0.5) is 0 Å². The number of ether oxygens (including phenoxy) is 4. The molecule has 1 amide bonds. The maximum Gasteiger partial charge on any atom is 0.295 e. The van der Waals surface area contributed by atoms with E-state index in [0.717, 1.165) is 0 Å². The van der Waals surface area contributed by atoms with Gasteiger partial charge in [-0.1, -0.05) is 13.0 Å². The van der Waals surface area contributed by atoms with Gasteiger partial charge in [0, 0.05) is 12.1 Å². The van der Waals surface area contributed by atoms with Crippen molar-refractivity contribution in [2.45, 2.75) is 26.3 Å². The van der Waals surface area contributed by atoms with Crippen LogP contribution in [0.25, 0.3) is 5.76 Å². The molecule has 8 heteroatoms. The van der Waals surface area contributed by atoms with Gasteiger partial charge in [-0.05, 0) is 49.2 Å². The van der Waals surface area contributed by atoms with Crippen molar-refractivity contribution in [3.8, 4) is 23.0 Å². The minimum Gasteiger partial charge on any atom is -0.507 e. The quantitative estimate of drug-likeness (QED) is 0.348. The lowest BCUT2D eigenvalue weighted by Gasteiger charge is -2.25. The molecule has 176 valence electrons. The highest BCUT2D eigenvalue weighted by atomic mass is 16.5. The third kappa shape index (κ3) is 4.46. The molecular formula is C25H29NO7. The first-order valence-electron chi connectivity index (χ1n) is 10.7. The molecule has 3 rings (SSSR count). The van der Waals surface area contributed by atoms with Crippen LogP contribution in [0.5, 0.6) is 23.0 Å². The molecule has 0 aliphatic carbocycles. The fourth-order valence-electron chi connectivity index (χ4n) is 3.97. The zero-order valence-corrected chi connectivity index (χ0v) is 19.5. The third-order valence-electron chi connectivity index (χ3n) is 5.46. The normalized spacial score (nSPS) is 17.2. The second kappa shape index (κ2) is 10.3. The van der Waals surface area contributed by atoms with E-state index in [1.54, 1.807) is 36.4 Å². The maximum atomic E-state index is 13.1. The summed E-state index contributed by atoms with van der Waals surface area (Å²) in [7, 11) is 4.53. The summed E-state index contributed by atoms with van der Waals surface area (Å²) in [6.45, 7) is 4.55. The Morgan fingerprint density at radius 2 is 1.55 bits per heavy atom. The Bertz CT molecular complexity index is 1080. The summed E-state index contributed by atoms with van der Waals surface area (Å²) >= 11 is 0. The monoisotopic (exact) mass is 455 g/mol. The number of amides is 1. The van der Waals surface area contributed by atoms with Gasteiger partial charge in [-0.15, -0.1) is 0 Å². The van der Waals surface area contributed by atoms with E-state index in [1.807, 2.05) is 13.8 Å². The van der Waals surface area contributed by atoms with Crippen LogP contribution in [-0.4, -0.2) is 56.2 Å². The number of methoxy groups -OCH3 is 3. The first kappa shape index (κ1) is 24.0. The summed E-state index contributed by atoms with van der Waals surface area (Å²) in [5, 5.41) is 11.2. The Labute approximate surface area is 193 Å². The number of rotatable bonds is 9. The van der Waals surface area contributed by atoms with Gasteiger partial charge in [0.1, 0.15) is 5.76 Å². The zero-order chi connectivity index (χ0) is 24.1. The second-order valence-corrected chi connectivity index (χ2v) is 7.41. The van der Waals surface area contributed by atoms with Crippen molar-refractivity contribution in [1.82, 2.24) is 4.90 Å². The molecule has 0 spiro atoms. The van der Waals surface area contributed by atoms with Gasteiger partial charge in [0.15, 0.2) is 23.0 Å². The van der Waals surface area contributed by atoms with Crippen LogP contribution in [-0.2, 0) is 9.59 Å². The lowest BCUT2D eigenvalue weighted by Crippen LogP contribution is -2.30. The van der Waals surface area contributed by atoms with Gasteiger partial charge in [-0.2, -0.15) is 0 Å². The predicted octanol–water partition coefficient (Wildman–Crippen LogP) is 3.94. The molecule has 8 nitrogen and oxygen atoms in total. The number of benzene rings is 2. The number of Topliss-reactive ketones (excluding diaryl/α,β-unsaturated/α-hetero) is 1. The average Bonchev–Trinajstić information content (AvgIpc) is 3.08. The molecule has 1 saturated heterocycles. The highest BCUT2D eigenvalue weighted by Gasteiger charge is 2.46. The Kier molecular flexibility index (Phi) is 7.48. The molecular weight excluding hydrogens is 426 g/mol. The van der Waals surface area contributed by atoms with E-state index in [0.29, 0.717) is 53.7 Å². The maximum absolute atomic E-state index is 13.1. The molecule has 33 heavy (non-hydrogen) atoms. The van der Waals surface area contributed by atoms with Crippen LogP contribution in [0, 0.1) is 0 Å². The minimum atomic E-state index is -0.775. The minimum absolute atomic E-state index is 0.00767. The number of carbonyl (C=O) groups is 2. The fourth-order valence-corrected chi connectivity index (χ4v) is 3.97. The van der Waals surface area contributed by atoms with Crippen LogP contribution in [0.15, 0.2) is 42.0 Å². The van der Waals surface area contributed by atoms with E-state index in [-0.39, 0.29) is 11.3 Å². The number of carbonyl (C=O) groups excluding carboxylic acids is 2. The first-order chi connectivity index (χ1) is 15.9. The molecule has 1 fully saturated rings. The van der Waals surface area contributed by atoms with Gasteiger partial charge in [0.05, 0.1) is 39.6 Å². The van der Waals surface area contributed by atoms with Crippen molar-refractivity contribution in [3.05, 3.63) is 53.1 Å². The van der Waals surface area contributed by atoms with E-state index >= 15 is 0 Å². The topological polar surface area (TPSA) is 94.5 Å². The highest BCUT2D eigenvalue weighted by molar-refractivity contribution is 6.46. The van der Waals surface area contributed by atoms with E-state index in [2.05, 4.69) is 0 Å². The molecule has 1 aliphatic heterocycles. The lowest BCUT2D eigenvalue weighted by molar-refractivity contribution is -0.139. The molecule has 2 aromatic carbocycles. The lowest BCUT2D eigenvalue weighted by atomic mass is 9.94. The third-order valence-corrected chi connectivity index (χ3v) is 5.46. The fraction of sp³-hybridized carbons (Fsp3) is 0.360. The van der Waals surface area contributed by atoms with Crippen molar-refractivity contribution in [3.63, 3.8) is 0 Å². The molecule has 0 aromatic heterocycles. The van der Waals surface area contributed by atoms with E-state index in [1.165, 1.54) is 26.2 Å². The largest absolute Gasteiger partial charge is 0.507 e. The average molecular weight is 456 g/mol. The second-order valence-electron chi connectivity index (χ2n) is 7.41. The van der Waals surface area contributed by atoms with Crippen LogP contribution < -0.4 is 18.9 Å². The number of hydrogen-bond donors (Lipinski definition) is 1. The van der Waals surface area contributed by atoms with Crippen molar-refractivity contribution >= 4 is 17.4 Å². The number of aliphatic hydroxyl groups is 1. The molecule has 0 saturated carbocycles. The number of ketones is 1. The van der Waals surface area contributed by atoms with Gasteiger partial charge >= 0.3 is 0 Å². The van der Waals surface area contributed by atoms with Crippen molar-refractivity contribution < 1.29 is 33.6 Å². The summed E-state index contributed by atoms with van der Waals surface area (Å²) in [6.07, 6.45) is 0.647. The Morgan fingerprint density at radius 3 is 2.15 bits per heavy atom. The standard InChI is InChI=1S/C25H29NO7/c1-6-12-26-22(15-8-10-18(31-4)20(13-15)33-7-2)21(24(28)25(26)29)23(27)16-9-11-17(30-3)19(14-16)32-5/h8-11,13-14,22,27H,6-7,12H2,1-5H3/b23-21-. The predicted molar refractivity (Wildman–Crippen MR) is 123 cm³/mol. The number of nitrogens with zero attached hydrogens (tertiary/aromatic N) is 1. The van der Waals surface area contributed by atoms with Gasteiger partial charge in [-0.3, -0.25) is 9.59 Å². The smallest absolute Gasteiger partial charge is 0.295 e. The summed E-state index contributed by atoms with van der Waals surface area (Å²) in [5.74, 6) is 0.218. The van der Waals surface area contributed by atoms with Gasteiger partial charge in [0.2, 0.25) is 0 Å². The molecule has 0 bridgehead atoms. The van der Waals surface area contributed by atoms with Crippen molar-refractivity contribution in [2.24, 2.45) is 0 Å². The summed E-state index contributed by atoms with van der Waals surface area (Å²) < 4.78 is 21.6. The molecule has 1 N–H and O–H groups in total. The summed E-state index contributed by atoms with van der Waals surface area (Å²) in [6, 6.07) is 9.27. The van der Waals surface area contributed by atoms with E-state index in [9.17, 15) is 14.7 Å². The molecule has 1 heterocycles. The van der Waals surface area contributed by atoms with Gasteiger partial charge in [-0.25, -0.2) is 0 Å². The van der Waals surface area contributed by atoms with Crippen LogP contribution in [0.3, 0.4) is 0 Å². The van der Waals surface area contributed by atoms with Crippen LogP contribution >= 0.6 is 0 Å². The Hall–Kier alpha value is -3.68. The summed E-state index contributed by atoms with van der Waals surface area (Å²) in [5.41, 5.74) is 0.980. The van der Waals surface area contributed by atoms with Crippen LogP contribution in [0.2, 0.25) is 0 Å². The summed E-state index contributed by atoms with van der Waals surface area (Å²) in [4.78, 5) is 27.5. The van der Waals surface area contributed by atoms with E-state index < -0.39 is 17.7 Å². The Balaban J connectivity index is 2.21. The molecule has 1 aliphatic rings. The van der Waals surface area contributed by atoms with Crippen molar-refractivity contribution in [2.75, 3.05) is 34.5 Å². The number of hydrogen-bond acceptors (Lipinski definition) is 7. The molecule has 1 atom stereocenters. The molecule has 0 radical (unpaired) electrons. The van der Waals surface area contributed by atoms with Crippen LogP contribution in [0.1, 0.15) is 37.4 Å². The van der Waals surface area contributed by atoms with Crippen molar-refractivity contribution in [1.29, 1.82) is 0 Å². The molecule has 1 unspecified atom stereocenters. The van der Waals surface area contributed by atoms with E-state index in [4.69, 9.17) is 18.9 Å². The first-order valence-corrected chi connectivity index (χ1v) is 10.7. The SMILES string of the molecule is CCCN1C(=O)C(=O)/C(=C(\O)c2ccc(OC)c(OC)c2)C1c1ccc(OC)c(OCC)c1. The number of aliphatic hydroxyl groups excluding tert-OH is 1. The van der Waals surface area contributed by atoms with Gasteiger partial charge < -0.3 is 29.0 Å². The highest BCUT2D eigenvalue weighted by Crippen LogP contribution is 2.42.